The molecule has 148 valence electrons. The first-order valence-electron chi connectivity index (χ1n) is 8.29. The van der Waals surface area contributed by atoms with Gasteiger partial charge in [0.15, 0.2) is 0 Å². The largest absolute Gasteiger partial charge is 0.472 e. The highest BCUT2D eigenvalue weighted by molar-refractivity contribution is 6.10. The lowest BCUT2D eigenvalue weighted by molar-refractivity contribution is 0.102. The third-order valence-electron chi connectivity index (χ3n) is 4.27. The highest BCUT2D eigenvalue weighted by Gasteiger charge is 2.14. The van der Waals surface area contributed by atoms with Crippen LogP contribution in [0.1, 0.15) is 15.9 Å². The minimum absolute atomic E-state index is 0. The monoisotopic (exact) mass is 428 g/mol. The Morgan fingerprint density at radius 3 is 2.52 bits per heavy atom. The predicted octanol–water partition coefficient (Wildman–Crippen LogP) is 4.87. The number of fused-ring (bicyclic) bond motifs is 1. The van der Waals surface area contributed by atoms with Gasteiger partial charge in [-0.15, -0.1) is 24.8 Å². The fraction of sp³-hybridized carbons (Fsp3) is 0. The van der Waals surface area contributed by atoms with Crippen LogP contribution in [0.5, 0.6) is 0 Å². The van der Waals surface area contributed by atoms with Gasteiger partial charge in [0, 0.05) is 22.9 Å². The number of aromatic nitrogens is 1. The Labute approximate surface area is 179 Å². The summed E-state index contributed by atoms with van der Waals surface area (Å²) in [4.78, 5) is 16.9. The lowest BCUT2D eigenvalue weighted by Crippen LogP contribution is -2.13. The topological polar surface area (TPSA) is 105 Å². The zero-order valence-electron chi connectivity index (χ0n) is 15.1. The summed E-state index contributed by atoms with van der Waals surface area (Å²) < 4.78 is 5.21. The number of carbonyl (C=O) groups excluding carboxylic acids is 1. The average molecular weight is 429 g/mol. The van der Waals surface area contributed by atoms with Crippen LogP contribution in [0.4, 0.5) is 5.82 Å². The van der Waals surface area contributed by atoms with Crippen molar-refractivity contribution in [1.29, 1.82) is 5.41 Å². The maximum absolute atomic E-state index is 12.7. The molecule has 0 aliphatic rings. The second-order valence-corrected chi connectivity index (χ2v) is 6.05. The molecule has 0 aliphatic heterocycles. The van der Waals surface area contributed by atoms with E-state index in [1.807, 2.05) is 24.3 Å². The molecule has 0 saturated carbocycles. The molecule has 0 fully saturated rings. The van der Waals surface area contributed by atoms with E-state index in [9.17, 15) is 4.79 Å². The fourth-order valence-corrected chi connectivity index (χ4v) is 2.94. The molecule has 0 spiro atoms. The van der Waals surface area contributed by atoms with Crippen molar-refractivity contribution in [2.45, 2.75) is 0 Å². The number of rotatable bonds is 4. The number of nitrogens with zero attached hydrogens (tertiary/aromatic N) is 1. The number of nitrogen functional groups attached to an aromatic ring is 1. The van der Waals surface area contributed by atoms with Crippen molar-refractivity contribution >= 4 is 53.1 Å². The van der Waals surface area contributed by atoms with Gasteiger partial charge >= 0.3 is 0 Å². The summed E-state index contributed by atoms with van der Waals surface area (Å²) in [6.07, 6.45) is 4.82. The summed E-state index contributed by atoms with van der Waals surface area (Å²) in [6.45, 7) is 0. The number of nitrogens with one attached hydrogen (secondary N) is 2. The Kier molecular flexibility index (Phi) is 6.98. The van der Waals surface area contributed by atoms with Gasteiger partial charge in [-0.3, -0.25) is 10.2 Å². The van der Waals surface area contributed by atoms with Gasteiger partial charge in [-0.2, -0.15) is 0 Å². The van der Waals surface area contributed by atoms with E-state index in [0.717, 1.165) is 21.9 Å². The molecular formula is C21H18Cl2N4O2. The molecule has 0 aliphatic carbocycles. The summed E-state index contributed by atoms with van der Waals surface area (Å²) in [6, 6.07) is 16.2. The molecule has 2 aromatic heterocycles. The molecule has 4 aromatic rings. The van der Waals surface area contributed by atoms with E-state index in [0.29, 0.717) is 16.9 Å². The molecule has 0 bridgehead atoms. The maximum atomic E-state index is 12.7. The summed E-state index contributed by atoms with van der Waals surface area (Å²) in [5, 5.41) is 12.2. The zero-order valence-corrected chi connectivity index (χ0v) is 16.7. The van der Waals surface area contributed by atoms with Crippen LogP contribution in [0, 0.1) is 5.41 Å². The van der Waals surface area contributed by atoms with Crippen LogP contribution in [-0.2, 0) is 0 Å². The van der Waals surface area contributed by atoms with Crippen LogP contribution in [0.2, 0.25) is 0 Å². The van der Waals surface area contributed by atoms with Gasteiger partial charge in [0.25, 0.3) is 5.91 Å². The molecule has 2 aromatic carbocycles. The van der Waals surface area contributed by atoms with E-state index in [4.69, 9.17) is 15.6 Å². The number of carbonyl (C=O) groups is 1. The van der Waals surface area contributed by atoms with Crippen molar-refractivity contribution < 1.29 is 9.21 Å². The number of nitrogens with two attached hydrogens (primary N) is 1. The van der Waals surface area contributed by atoms with Crippen LogP contribution < -0.4 is 11.1 Å². The third kappa shape index (κ3) is 4.56. The number of pyridine rings is 1. The van der Waals surface area contributed by atoms with Gasteiger partial charge in [-0.25, -0.2) is 4.98 Å². The van der Waals surface area contributed by atoms with Crippen molar-refractivity contribution in [3.8, 4) is 11.1 Å². The smallest absolute Gasteiger partial charge is 0.256 e. The standard InChI is InChI=1S/C21H16N4O2.2ClH/c22-20(23)14-5-4-13-9-16(21(26)25-19-3-1-2-7-24-19)11-18(17(13)10-14)15-6-8-27-12-15;;/h1-12H,(H3,22,23)(H,24,25,26);2*1H. The molecule has 8 heteroatoms. The Morgan fingerprint density at radius 2 is 1.86 bits per heavy atom. The number of anilines is 1. The van der Waals surface area contributed by atoms with E-state index >= 15 is 0 Å². The van der Waals surface area contributed by atoms with E-state index in [1.165, 1.54) is 0 Å². The molecule has 2 heterocycles. The minimum Gasteiger partial charge on any atom is -0.472 e. The Morgan fingerprint density at radius 1 is 1.03 bits per heavy atom. The van der Waals surface area contributed by atoms with Gasteiger partial charge in [0.2, 0.25) is 0 Å². The minimum atomic E-state index is -0.254. The number of amidine groups is 1. The molecule has 0 saturated heterocycles. The Balaban J connectivity index is 0.00000150. The van der Waals surface area contributed by atoms with Gasteiger partial charge in [0.1, 0.15) is 11.7 Å². The molecule has 29 heavy (non-hydrogen) atoms. The molecule has 0 atom stereocenters. The Bertz CT molecular complexity index is 1150. The molecule has 0 radical (unpaired) electrons. The summed E-state index contributed by atoms with van der Waals surface area (Å²) in [5.74, 6) is 0.224. The van der Waals surface area contributed by atoms with Gasteiger partial charge < -0.3 is 15.5 Å². The van der Waals surface area contributed by atoms with E-state index in [2.05, 4.69) is 10.3 Å². The second-order valence-electron chi connectivity index (χ2n) is 6.05. The van der Waals surface area contributed by atoms with Crippen molar-refractivity contribution in [3.05, 3.63) is 84.4 Å². The molecule has 1 amide bonds. The van der Waals surface area contributed by atoms with Crippen molar-refractivity contribution in [2.75, 3.05) is 5.32 Å². The van der Waals surface area contributed by atoms with Crippen LogP contribution in [0.25, 0.3) is 21.9 Å². The molecular weight excluding hydrogens is 411 g/mol. The van der Waals surface area contributed by atoms with Crippen LogP contribution in [0.3, 0.4) is 0 Å². The molecule has 0 unspecified atom stereocenters. The fourth-order valence-electron chi connectivity index (χ4n) is 2.94. The van der Waals surface area contributed by atoms with E-state index < -0.39 is 0 Å². The van der Waals surface area contributed by atoms with Gasteiger partial charge in [-0.1, -0.05) is 18.2 Å². The average Bonchev–Trinajstić information content (AvgIpc) is 3.22. The summed E-state index contributed by atoms with van der Waals surface area (Å²) in [7, 11) is 0. The Hall–Kier alpha value is -3.35. The first-order chi connectivity index (χ1) is 13.1. The van der Waals surface area contributed by atoms with E-state index in [1.54, 1.807) is 49.1 Å². The third-order valence-corrected chi connectivity index (χ3v) is 4.27. The molecule has 6 nitrogen and oxygen atoms in total. The van der Waals surface area contributed by atoms with Crippen molar-refractivity contribution in [1.82, 2.24) is 4.98 Å². The summed E-state index contributed by atoms with van der Waals surface area (Å²) in [5.41, 5.74) is 8.42. The maximum Gasteiger partial charge on any atom is 0.256 e. The van der Waals surface area contributed by atoms with Crippen molar-refractivity contribution in [2.24, 2.45) is 5.73 Å². The second kappa shape index (κ2) is 9.23. The predicted molar refractivity (Wildman–Crippen MR) is 119 cm³/mol. The molecule has 4 N–H and O–H groups in total. The summed E-state index contributed by atoms with van der Waals surface area (Å²) >= 11 is 0. The van der Waals surface area contributed by atoms with E-state index in [-0.39, 0.29) is 36.6 Å². The number of benzene rings is 2. The number of furan rings is 1. The number of hydrogen-bond donors (Lipinski definition) is 3. The number of amides is 1. The number of hydrogen-bond acceptors (Lipinski definition) is 4. The van der Waals surface area contributed by atoms with Crippen LogP contribution >= 0.6 is 24.8 Å². The van der Waals surface area contributed by atoms with Gasteiger partial charge in [-0.05, 0) is 52.7 Å². The highest BCUT2D eigenvalue weighted by atomic mass is 35.5. The quantitative estimate of drug-likeness (QED) is 0.318. The lowest BCUT2D eigenvalue weighted by atomic mass is 9.95. The normalized spacial score (nSPS) is 9.93. The molecule has 4 rings (SSSR count). The van der Waals surface area contributed by atoms with Gasteiger partial charge in [0.05, 0.1) is 12.5 Å². The van der Waals surface area contributed by atoms with Crippen LogP contribution in [-0.4, -0.2) is 16.7 Å². The van der Waals surface area contributed by atoms with Crippen molar-refractivity contribution in [3.63, 3.8) is 0 Å². The first kappa shape index (κ1) is 21.9. The first-order valence-corrected chi connectivity index (χ1v) is 8.29. The zero-order chi connectivity index (χ0) is 18.8. The SMILES string of the molecule is Cl.Cl.N=C(N)c1ccc2cc(C(=O)Nc3ccccn3)cc(-c3ccoc3)c2c1. The van der Waals surface area contributed by atoms with Crippen LogP contribution in [0.15, 0.2) is 77.7 Å². The lowest BCUT2D eigenvalue weighted by Gasteiger charge is -2.11. The highest BCUT2D eigenvalue weighted by Crippen LogP contribution is 2.31. The number of halogens is 2.